The van der Waals surface area contributed by atoms with Gasteiger partial charge in [-0.3, -0.25) is 4.79 Å². The molecule has 0 aromatic carbocycles. The van der Waals surface area contributed by atoms with Gasteiger partial charge in [0.2, 0.25) is 0 Å². The zero-order valence-electron chi connectivity index (χ0n) is 7.87. The molecule has 0 aliphatic rings. The van der Waals surface area contributed by atoms with Crippen molar-refractivity contribution >= 4 is 27.3 Å². The molecule has 1 rings (SSSR count). The highest BCUT2D eigenvalue weighted by Gasteiger charge is 2.13. The number of hydrogen-bond donors (Lipinski definition) is 0. The molecule has 0 fully saturated rings. The Kier molecular flexibility index (Phi) is 4.19. The van der Waals surface area contributed by atoms with Crippen LogP contribution < -0.4 is 4.87 Å². The summed E-state index contributed by atoms with van der Waals surface area (Å²) >= 11 is 4.74. The fourth-order valence-corrected chi connectivity index (χ4v) is 2.66. The van der Waals surface area contributed by atoms with Crippen LogP contribution in [0.2, 0.25) is 0 Å². The molecule has 0 aliphatic heterocycles. The molecule has 1 atom stereocenters. The van der Waals surface area contributed by atoms with Crippen LogP contribution in [0.1, 0.15) is 13.8 Å². The summed E-state index contributed by atoms with van der Waals surface area (Å²) in [5.41, 5.74) is 0. The minimum Gasteiger partial charge on any atom is -0.306 e. The van der Waals surface area contributed by atoms with E-state index in [2.05, 4.69) is 29.8 Å². The smallest absolute Gasteiger partial charge is 0.306 e. The monoisotopic (exact) mass is 263 g/mol. The predicted octanol–water partition coefficient (Wildman–Crippen LogP) is 2.58. The maximum absolute atomic E-state index is 11.3. The third-order valence-electron chi connectivity index (χ3n) is 2.22. The number of rotatable bonds is 4. The van der Waals surface area contributed by atoms with Crippen LogP contribution in [0.25, 0.3) is 0 Å². The number of thiazole rings is 1. The van der Waals surface area contributed by atoms with Gasteiger partial charge in [0, 0.05) is 23.5 Å². The summed E-state index contributed by atoms with van der Waals surface area (Å²) in [6, 6.07) is 0. The van der Waals surface area contributed by atoms with Crippen LogP contribution in [0.15, 0.2) is 16.4 Å². The molecular formula is C9H14BrNOS. The van der Waals surface area contributed by atoms with Gasteiger partial charge in [-0.1, -0.05) is 41.1 Å². The third-order valence-corrected chi connectivity index (χ3v) is 3.74. The fraction of sp³-hybridized carbons (Fsp3) is 0.667. The summed E-state index contributed by atoms with van der Waals surface area (Å²) in [5.74, 6) is 1.14. The van der Waals surface area contributed by atoms with Crippen molar-refractivity contribution in [2.24, 2.45) is 11.8 Å². The van der Waals surface area contributed by atoms with E-state index in [-0.39, 0.29) is 4.87 Å². The predicted molar refractivity (Wildman–Crippen MR) is 60.7 cm³/mol. The lowest BCUT2D eigenvalue weighted by Crippen LogP contribution is -2.22. The maximum atomic E-state index is 11.3. The van der Waals surface area contributed by atoms with E-state index in [1.807, 2.05) is 11.6 Å². The normalized spacial score (nSPS) is 13.5. The summed E-state index contributed by atoms with van der Waals surface area (Å²) in [7, 11) is 0. The Morgan fingerprint density at radius 3 is 2.69 bits per heavy atom. The lowest BCUT2D eigenvalue weighted by Gasteiger charge is -2.17. The molecule has 4 heteroatoms. The van der Waals surface area contributed by atoms with Crippen molar-refractivity contribution in [2.75, 3.05) is 5.33 Å². The average molecular weight is 264 g/mol. The first kappa shape index (κ1) is 11.0. The molecule has 0 radical (unpaired) electrons. The molecule has 0 amide bonds. The molecule has 0 spiro atoms. The van der Waals surface area contributed by atoms with Gasteiger partial charge in [0.05, 0.1) is 0 Å². The molecule has 0 bridgehead atoms. The third kappa shape index (κ3) is 2.95. The van der Waals surface area contributed by atoms with Crippen molar-refractivity contribution in [1.29, 1.82) is 0 Å². The number of aromatic nitrogens is 1. The van der Waals surface area contributed by atoms with Gasteiger partial charge in [-0.2, -0.15) is 0 Å². The van der Waals surface area contributed by atoms with Crippen LogP contribution in [-0.2, 0) is 6.54 Å². The van der Waals surface area contributed by atoms with Gasteiger partial charge in [0.25, 0.3) is 0 Å². The summed E-state index contributed by atoms with van der Waals surface area (Å²) in [4.78, 5) is 11.4. The molecule has 1 aromatic heterocycles. The van der Waals surface area contributed by atoms with Gasteiger partial charge < -0.3 is 4.57 Å². The first-order chi connectivity index (χ1) is 6.15. The minimum absolute atomic E-state index is 0.145. The van der Waals surface area contributed by atoms with E-state index in [0.29, 0.717) is 11.8 Å². The van der Waals surface area contributed by atoms with Gasteiger partial charge in [0.15, 0.2) is 0 Å². The van der Waals surface area contributed by atoms with Crippen molar-refractivity contribution in [2.45, 2.75) is 20.4 Å². The molecule has 74 valence electrons. The molecule has 0 saturated heterocycles. The van der Waals surface area contributed by atoms with Crippen molar-refractivity contribution in [3.63, 3.8) is 0 Å². The molecule has 0 N–H and O–H groups in total. The van der Waals surface area contributed by atoms with Crippen LogP contribution in [-0.4, -0.2) is 9.90 Å². The van der Waals surface area contributed by atoms with Crippen LogP contribution in [0.4, 0.5) is 0 Å². The van der Waals surface area contributed by atoms with E-state index >= 15 is 0 Å². The fourth-order valence-electron chi connectivity index (χ4n) is 1.12. The van der Waals surface area contributed by atoms with E-state index in [1.165, 1.54) is 11.3 Å². The van der Waals surface area contributed by atoms with E-state index in [1.54, 1.807) is 4.57 Å². The minimum atomic E-state index is 0.145. The van der Waals surface area contributed by atoms with Gasteiger partial charge in [0.1, 0.15) is 0 Å². The molecular weight excluding hydrogens is 250 g/mol. The van der Waals surface area contributed by atoms with Crippen LogP contribution in [0.5, 0.6) is 0 Å². The zero-order valence-corrected chi connectivity index (χ0v) is 10.3. The van der Waals surface area contributed by atoms with Crippen LogP contribution in [0.3, 0.4) is 0 Å². The number of hydrogen-bond acceptors (Lipinski definition) is 2. The molecule has 0 saturated carbocycles. The molecule has 0 aliphatic carbocycles. The quantitative estimate of drug-likeness (QED) is 0.766. The Morgan fingerprint density at radius 1 is 1.62 bits per heavy atom. The molecule has 2 nitrogen and oxygen atoms in total. The second kappa shape index (κ2) is 4.96. The van der Waals surface area contributed by atoms with Crippen molar-refractivity contribution in [1.82, 2.24) is 4.57 Å². The van der Waals surface area contributed by atoms with E-state index in [9.17, 15) is 4.79 Å². The van der Waals surface area contributed by atoms with Crippen LogP contribution in [0, 0.1) is 11.8 Å². The molecule has 1 heterocycles. The zero-order chi connectivity index (χ0) is 9.84. The number of halogens is 1. The van der Waals surface area contributed by atoms with E-state index < -0.39 is 0 Å². The summed E-state index contributed by atoms with van der Waals surface area (Å²) in [5, 5.41) is 2.79. The first-order valence-electron chi connectivity index (χ1n) is 4.35. The molecule has 13 heavy (non-hydrogen) atoms. The van der Waals surface area contributed by atoms with Gasteiger partial charge in [-0.15, -0.1) is 0 Å². The lowest BCUT2D eigenvalue weighted by molar-refractivity contribution is 0.371. The second-order valence-corrected chi connectivity index (χ2v) is 4.98. The molecule has 1 unspecified atom stereocenters. The second-order valence-electron chi connectivity index (χ2n) is 3.48. The van der Waals surface area contributed by atoms with Gasteiger partial charge in [-0.25, -0.2) is 0 Å². The van der Waals surface area contributed by atoms with Crippen LogP contribution >= 0.6 is 27.3 Å². The van der Waals surface area contributed by atoms with E-state index in [4.69, 9.17) is 0 Å². The van der Waals surface area contributed by atoms with Gasteiger partial charge >= 0.3 is 4.87 Å². The highest BCUT2D eigenvalue weighted by atomic mass is 79.9. The first-order valence-corrected chi connectivity index (χ1v) is 6.35. The van der Waals surface area contributed by atoms with Gasteiger partial charge in [-0.05, 0) is 11.8 Å². The Labute approximate surface area is 90.7 Å². The van der Waals surface area contributed by atoms with Crippen molar-refractivity contribution in [3.8, 4) is 0 Å². The maximum Gasteiger partial charge on any atom is 0.307 e. The largest absolute Gasteiger partial charge is 0.307 e. The highest BCUT2D eigenvalue weighted by Crippen LogP contribution is 2.15. The number of nitrogens with zero attached hydrogens (tertiary/aromatic N) is 1. The Balaban J connectivity index is 2.67. The molecule has 1 aromatic rings. The van der Waals surface area contributed by atoms with E-state index in [0.717, 1.165) is 11.9 Å². The summed E-state index contributed by atoms with van der Waals surface area (Å²) in [6.45, 7) is 5.19. The lowest BCUT2D eigenvalue weighted by atomic mass is 9.98. The SMILES string of the molecule is CC(C)C(CBr)Cn1ccsc1=O. The number of alkyl halides is 1. The topological polar surface area (TPSA) is 22.0 Å². The van der Waals surface area contributed by atoms with Crippen molar-refractivity contribution in [3.05, 3.63) is 21.2 Å². The Bertz CT molecular complexity index is 305. The summed E-state index contributed by atoms with van der Waals surface area (Å²) in [6.07, 6.45) is 1.87. The average Bonchev–Trinajstić information content (AvgIpc) is 2.46. The Hall–Kier alpha value is -0.0900. The highest BCUT2D eigenvalue weighted by molar-refractivity contribution is 9.09. The standard InChI is InChI=1S/C9H14BrNOS/c1-7(2)8(5-10)6-11-3-4-13-9(11)12/h3-4,7-8H,5-6H2,1-2H3. The van der Waals surface area contributed by atoms with Crippen molar-refractivity contribution < 1.29 is 0 Å². The Morgan fingerprint density at radius 2 is 2.31 bits per heavy atom. The summed E-state index contributed by atoms with van der Waals surface area (Å²) < 4.78 is 1.79.